The van der Waals surface area contributed by atoms with Gasteiger partial charge in [-0.25, -0.2) is 0 Å². The third-order valence-corrected chi connectivity index (χ3v) is 5.54. The molecule has 0 aliphatic carbocycles. The zero-order valence-electron chi connectivity index (χ0n) is 16.0. The third-order valence-electron chi connectivity index (χ3n) is 5.54. The van der Waals surface area contributed by atoms with Crippen LogP contribution < -0.4 is 15.5 Å². The quantitative estimate of drug-likeness (QED) is 0.762. The summed E-state index contributed by atoms with van der Waals surface area (Å²) in [6.45, 7) is 3.43. The summed E-state index contributed by atoms with van der Waals surface area (Å²) in [7, 11) is 2.11. The minimum absolute atomic E-state index is 0.0579. The standard InChI is InChI=1S/C20H25N5O3/c1-24-10-6-15-12-14(4-5-16(15)24)17(25-8-2-3-9-25)13-21-19(26)20(27)22-18-7-11-28-23-18/h4-5,7,11-12,17H,2-3,6,8-10,13H2,1H3,(H,21,26)(H,22,23,27). The molecule has 2 aliphatic heterocycles. The molecule has 2 aromatic rings. The number of anilines is 2. The molecule has 1 atom stereocenters. The highest BCUT2D eigenvalue weighted by molar-refractivity contribution is 6.39. The van der Waals surface area contributed by atoms with Crippen LogP contribution in [0.2, 0.25) is 0 Å². The molecule has 28 heavy (non-hydrogen) atoms. The molecule has 148 valence electrons. The van der Waals surface area contributed by atoms with Crippen LogP contribution in [0.3, 0.4) is 0 Å². The van der Waals surface area contributed by atoms with Crippen LogP contribution in [0.25, 0.3) is 0 Å². The van der Waals surface area contributed by atoms with Crippen molar-refractivity contribution in [2.75, 3.05) is 43.4 Å². The molecule has 1 unspecified atom stereocenters. The third kappa shape index (κ3) is 3.87. The van der Waals surface area contributed by atoms with Gasteiger partial charge in [-0.15, -0.1) is 0 Å². The molecule has 0 spiro atoms. The lowest BCUT2D eigenvalue weighted by molar-refractivity contribution is -0.136. The Morgan fingerprint density at radius 1 is 1.18 bits per heavy atom. The summed E-state index contributed by atoms with van der Waals surface area (Å²) >= 11 is 0. The summed E-state index contributed by atoms with van der Waals surface area (Å²) in [5.74, 6) is -1.20. The number of aromatic nitrogens is 1. The molecule has 0 saturated carbocycles. The average Bonchev–Trinajstić information content (AvgIpc) is 3.45. The molecular formula is C20H25N5O3. The molecule has 1 fully saturated rings. The Balaban J connectivity index is 1.45. The second-order valence-corrected chi connectivity index (χ2v) is 7.37. The fraction of sp³-hybridized carbons (Fsp3) is 0.450. The summed E-state index contributed by atoms with van der Waals surface area (Å²) in [6, 6.07) is 8.11. The number of nitrogens with zero attached hydrogens (tertiary/aromatic N) is 3. The first-order valence-corrected chi connectivity index (χ1v) is 9.69. The van der Waals surface area contributed by atoms with Gasteiger partial charge in [0.25, 0.3) is 0 Å². The van der Waals surface area contributed by atoms with Crippen LogP contribution in [0, 0.1) is 0 Å². The van der Waals surface area contributed by atoms with Gasteiger partial charge < -0.3 is 14.7 Å². The minimum Gasteiger partial charge on any atom is -0.374 e. The fourth-order valence-electron chi connectivity index (χ4n) is 4.02. The molecule has 8 heteroatoms. The molecule has 1 aromatic heterocycles. The van der Waals surface area contributed by atoms with E-state index < -0.39 is 11.8 Å². The summed E-state index contributed by atoms with van der Waals surface area (Å²) in [6.07, 6.45) is 4.69. The summed E-state index contributed by atoms with van der Waals surface area (Å²) in [4.78, 5) is 28.9. The van der Waals surface area contributed by atoms with Crippen molar-refractivity contribution in [3.63, 3.8) is 0 Å². The van der Waals surface area contributed by atoms with Crippen molar-refractivity contribution in [1.82, 2.24) is 15.4 Å². The summed E-state index contributed by atoms with van der Waals surface area (Å²) < 4.78 is 4.66. The Morgan fingerprint density at radius 2 is 2.00 bits per heavy atom. The number of carbonyl (C=O) groups excluding carboxylic acids is 2. The van der Waals surface area contributed by atoms with E-state index in [0.29, 0.717) is 6.54 Å². The van der Waals surface area contributed by atoms with Crippen LogP contribution in [0.1, 0.15) is 30.0 Å². The van der Waals surface area contributed by atoms with Gasteiger partial charge in [0.05, 0.1) is 6.04 Å². The lowest BCUT2D eigenvalue weighted by atomic mass is 10.0. The first kappa shape index (κ1) is 18.5. The van der Waals surface area contributed by atoms with Crippen LogP contribution in [0.15, 0.2) is 35.1 Å². The Hall–Kier alpha value is -2.87. The zero-order chi connectivity index (χ0) is 19.5. The van der Waals surface area contributed by atoms with Gasteiger partial charge in [-0.3, -0.25) is 19.8 Å². The number of carbonyl (C=O) groups is 2. The van der Waals surface area contributed by atoms with Gasteiger partial charge in [0.1, 0.15) is 6.26 Å². The van der Waals surface area contributed by atoms with Gasteiger partial charge in [-0.2, -0.15) is 0 Å². The van der Waals surface area contributed by atoms with E-state index in [-0.39, 0.29) is 11.9 Å². The maximum absolute atomic E-state index is 12.2. The number of amides is 2. The van der Waals surface area contributed by atoms with E-state index in [2.05, 4.69) is 55.4 Å². The van der Waals surface area contributed by atoms with E-state index in [4.69, 9.17) is 0 Å². The first-order valence-electron chi connectivity index (χ1n) is 9.69. The van der Waals surface area contributed by atoms with E-state index >= 15 is 0 Å². The highest BCUT2D eigenvalue weighted by Gasteiger charge is 2.27. The molecule has 0 radical (unpaired) electrons. The van der Waals surface area contributed by atoms with Gasteiger partial charge in [-0.05, 0) is 49.5 Å². The number of likely N-dealkylation sites (tertiary alicyclic amines) is 1. The average molecular weight is 383 g/mol. The molecule has 8 nitrogen and oxygen atoms in total. The molecule has 3 heterocycles. The van der Waals surface area contributed by atoms with Crippen molar-refractivity contribution in [2.45, 2.75) is 25.3 Å². The van der Waals surface area contributed by atoms with E-state index in [9.17, 15) is 9.59 Å². The maximum Gasteiger partial charge on any atom is 0.314 e. The van der Waals surface area contributed by atoms with Crippen molar-refractivity contribution in [3.8, 4) is 0 Å². The summed E-state index contributed by atoms with van der Waals surface area (Å²) in [5, 5.41) is 8.79. The number of nitrogens with one attached hydrogen (secondary N) is 2. The Kier molecular flexibility index (Phi) is 5.29. The van der Waals surface area contributed by atoms with Crippen molar-refractivity contribution >= 4 is 23.3 Å². The zero-order valence-corrected chi connectivity index (χ0v) is 16.0. The van der Waals surface area contributed by atoms with Gasteiger partial charge in [0, 0.05) is 31.9 Å². The predicted octanol–water partition coefficient (Wildman–Crippen LogP) is 1.56. The molecule has 1 aromatic carbocycles. The number of hydrogen-bond donors (Lipinski definition) is 2. The highest BCUT2D eigenvalue weighted by Crippen LogP contribution is 2.32. The molecule has 4 rings (SSSR count). The number of rotatable bonds is 5. The van der Waals surface area contributed by atoms with Crippen molar-refractivity contribution < 1.29 is 14.1 Å². The largest absolute Gasteiger partial charge is 0.374 e. The normalized spacial score (nSPS) is 17.4. The molecular weight excluding hydrogens is 358 g/mol. The Bertz CT molecular complexity index is 846. The topological polar surface area (TPSA) is 90.7 Å². The van der Waals surface area contributed by atoms with E-state index in [1.54, 1.807) is 0 Å². The van der Waals surface area contributed by atoms with Crippen LogP contribution in [-0.2, 0) is 16.0 Å². The van der Waals surface area contributed by atoms with Gasteiger partial charge in [0.2, 0.25) is 0 Å². The number of benzene rings is 1. The highest BCUT2D eigenvalue weighted by atomic mass is 16.5. The predicted molar refractivity (Wildman–Crippen MR) is 105 cm³/mol. The second-order valence-electron chi connectivity index (χ2n) is 7.37. The smallest absolute Gasteiger partial charge is 0.314 e. The second kappa shape index (κ2) is 8.02. The molecule has 0 bridgehead atoms. The van der Waals surface area contributed by atoms with E-state index in [1.165, 1.54) is 29.1 Å². The van der Waals surface area contributed by atoms with Crippen LogP contribution >= 0.6 is 0 Å². The van der Waals surface area contributed by atoms with Crippen molar-refractivity contribution in [1.29, 1.82) is 0 Å². The molecule has 2 N–H and O–H groups in total. The number of hydrogen-bond acceptors (Lipinski definition) is 6. The van der Waals surface area contributed by atoms with Crippen LogP contribution in [0.5, 0.6) is 0 Å². The van der Waals surface area contributed by atoms with Crippen LogP contribution in [-0.4, -0.2) is 55.1 Å². The molecule has 2 aliphatic rings. The van der Waals surface area contributed by atoms with Crippen molar-refractivity contribution in [3.05, 3.63) is 41.7 Å². The van der Waals surface area contributed by atoms with Gasteiger partial charge in [-0.1, -0.05) is 17.3 Å². The number of fused-ring (bicyclic) bond motifs is 1. The Labute approximate surface area is 163 Å². The molecule has 2 amide bonds. The van der Waals surface area contributed by atoms with Gasteiger partial charge >= 0.3 is 11.8 Å². The monoisotopic (exact) mass is 383 g/mol. The summed E-state index contributed by atoms with van der Waals surface area (Å²) in [5.41, 5.74) is 3.81. The molecule has 1 saturated heterocycles. The van der Waals surface area contributed by atoms with E-state index in [1.807, 2.05) is 0 Å². The fourth-order valence-corrected chi connectivity index (χ4v) is 4.02. The minimum atomic E-state index is -0.746. The lowest BCUT2D eigenvalue weighted by Crippen LogP contribution is -2.41. The number of likely N-dealkylation sites (N-methyl/N-ethyl adjacent to an activating group) is 1. The lowest BCUT2D eigenvalue weighted by Gasteiger charge is -2.28. The van der Waals surface area contributed by atoms with Crippen LogP contribution in [0.4, 0.5) is 11.5 Å². The van der Waals surface area contributed by atoms with Gasteiger partial charge in [0.15, 0.2) is 5.82 Å². The van der Waals surface area contributed by atoms with Crippen molar-refractivity contribution in [2.24, 2.45) is 0 Å². The SMILES string of the molecule is CN1CCc2cc(C(CNC(=O)C(=O)Nc3ccon3)N3CCCC3)ccc21. The van der Waals surface area contributed by atoms with E-state index in [0.717, 1.165) is 38.9 Å². The Morgan fingerprint density at radius 3 is 2.75 bits per heavy atom. The maximum atomic E-state index is 12.2. The first-order chi connectivity index (χ1) is 13.6.